The Balaban J connectivity index is 0.00000104. The van der Waals surface area contributed by atoms with E-state index >= 15 is 0 Å². The van der Waals surface area contributed by atoms with Gasteiger partial charge in [0.2, 0.25) is 17.7 Å². The summed E-state index contributed by atoms with van der Waals surface area (Å²) in [6, 6.07) is 20.1. The fraction of sp³-hybridized carbons (Fsp3) is 0.316. The maximum Gasteiger partial charge on any atom is 0.490 e. The second-order valence-electron chi connectivity index (χ2n) is 13.2. The van der Waals surface area contributed by atoms with E-state index in [1.807, 2.05) is 0 Å². The number of carbonyl (C=O) groups excluding carboxylic acids is 3. The molecule has 1 fully saturated rings. The van der Waals surface area contributed by atoms with Crippen molar-refractivity contribution in [2.75, 3.05) is 73.4 Å². The van der Waals surface area contributed by atoms with E-state index in [1.54, 1.807) is 24.3 Å². The zero-order chi connectivity index (χ0) is 44.4. The van der Waals surface area contributed by atoms with Crippen molar-refractivity contribution in [2.45, 2.75) is 29.3 Å². The molecule has 22 heteroatoms. The fourth-order valence-electron chi connectivity index (χ4n) is 6.11. The van der Waals surface area contributed by atoms with Crippen LogP contribution in [0.5, 0.6) is 5.75 Å². The van der Waals surface area contributed by atoms with Gasteiger partial charge in [-0.2, -0.15) is 13.2 Å². The van der Waals surface area contributed by atoms with E-state index in [2.05, 4.69) is 22.0 Å². The van der Waals surface area contributed by atoms with Crippen molar-refractivity contribution in [2.24, 2.45) is 11.5 Å². The van der Waals surface area contributed by atoms with Crippen LogP contribution in [-0.2, 0) is 39.2 Å². The lowest BCUT2D eigenvalue weighted by atomic mass is 10.1. The molecule has 3 amide bonds. The van der Waals surface area contributed by atoms with Crippen molar-refractivity contribution in [3.05, 3.63) is 84.9 Å². The third-order valence-electron chi connectivity index (χ3n) is 9.20. The number of carbonyl (C=O) groups is 4. The third kappa shape index (κ3) is 11.8. The van der Waals surface area contributed by atoms with Gasteiger partial charge in [-0.25, -0.2) is 21.6 Å². The van der Waals surface area contributed by atoms with Gasteiger partial charge in [-0.3, -0.25) is 23.0 Å². The molecule has 60 heavy (non-hydrogen) atoms. The van der Waals surface area contributed by atoms with Crippen molar-refractivity contribution in [1.29, 1.82) is 0 Å². The molecule has 17 nitrogen and oxygen atoms in total. The number of primary amides is 2. The van der Waals surface area contributed by atoms with Crippen molar-refractivity contribution < 1.29 is 59.0 Å². The largest absolute Gasteiger partial charge is 0.497 e. The summed E-state index contributed by atoms with van der Waals surface area (Å²) in [6.45, 7) is 5.97. The van der Waals surface area contributed by atoms with Crippen molar-refractivity contribution >= 4 is 71.6 Å². The lowest BCUT2D eigenvalue weighted by Gasteiger charge is -2.33. The molecular weight excluding hydrogens is 836 g/mol. The van der Waals surface area contributed by atoms with Crippen LogP contribution < -0.4 is 30.1 Å². The minimum atomic E-state index is -5.08. The Kier molecular flexibility index (Phi) is 15.5. The summed E-state index contributed by atoms with van der Waals surface area (Å²) >= 11 is 0. The number of carboxylic acid groups (broad SMARTS) is 1. The number of sulfonamides is 2. The molecule has 4 aromatic carbocycles. The van der Waals surface area contributed by atoms with Crippen LogP contribution in [0.25, 0.3) is 10.8 Å². The Morgan fingerprint density at radius 1 is 0.733 bits per heavy atom. The van der Waals surface area contributed by atoms with E-state index < -0.39 is 57.1 Å². The van der Waals surface area contributed by atoms with Gasteiger partial charge >= 0.3 is 12.1 Å². The van der Waals surface area contributed by atoms with Gasteiger partial charge in [0.1, 0.15) is 18.8 Å². The lowest BCUT2D eigenvalue weighted by Crippen LogP contribution is -2.46. The number of benzene rings is 4. The summed E-state index contributed by atoms with van der Waals surface area (Å²) in [6.07, 6.45) is -4.81. The summed E-state index contributed by atoms with van der Waals surface area (Å²) in [4.78, 5) is 50.4. The number of rotatable bonds is 16. The van der Waals surface area contributed by atoms with Crippen molar-refractivity contribution in [3.63, 3.8) is 0 Å². The summed E-state index contributed by atoms with van der Waals surface area (Å²) in [5, 5.41) is 10.4. The second kappa shape index (κ2) is 19.9. The van der Waals surface area contributed by atoms with Crippen LogP contribution in [0.1, 0.15) is 13.3 Å². The van der Waals surface area contributed by atoms with Gasteiger partial charge in [-0.05, 0) is 67.2 Å². The number of nitrogens with zero attached hydrogens (tertiary/aromatic N) is 4. The monoisotopic (exact) mass is 879 g/mol. The second-order valence-corrected chi connectivity index (χ2v) is 16.9. The van der Waals surface area contributed by atoms with Gasteiger partial charge in [0.25, 0.3) is 20.0 Å². The molecule has 0 radical (unpaired) electrons. The number of likely N-dealkylation sites (N-methyl/N-ethyl adjacent to an activating group) is 1. The van der Waals surface area contributed by atoms with Gasteiger partial charge < -0.3 is 36.4 Å². The minimum Gasteiger partial charge on any atom is -0.497 e. The number of piperazine rings is 1. The highest BCUT2D eigenvalue weighted by molar-refractivity contribution is 7.93. The molecule has 1 aliphatic rings. The number of hydrogen-bond acceptors (Lipinski definition) is 11. The predicted molar refractivity (Wildman–Crippen MR) is 216 cm³/mol. The quantitative estimate of drug-likeness (QED) is 0.127. The smallest absolute Gasteiger partial charge is 0.490 e. The minimum absolute atomic E-state index is 0.0289. The molecule has 1 aliphatic heterocycles. The van der Waals surface area contributed by atoms with Gasteiger partial charge in [-0.1, -0.05) is 31.2 Å². The van der Waals surface area contributed by atoms with Crippen LogP contribution in [0.4, 0.5) is 30.2 Å². The SMILES string of the molecule is CCN1CCN(CCC(=O)Nc2ccc(S(=O)(=O)N(CC(N)=O)c3ccc(N(CC(N)=O)S(=O)(=O)c4ccc(OC)cc4)c4ccccc34)cc2)CC1.O=C(O)C(F)(F)F. The summed E-state index contributed by atoms with van der Waals surface area (Å²) in [5.74, 6) is -4.42. The molecule has 1 saturated heterocycles. The fourth-order valence-corrected chi connectivity index (χ4v) is 9.01. The van der Waals surface area contributed by atoms with Crippen LogP contribution in [0.3, 0.4) is 0 Å². The molecule has 4 aromatic rings. The maximum atomic E-state index is 14.2. The summed E-state index contributed by atoms with van der Waals surface area (Å²) < 4.78 is 94.7. The van der Waals surface area contributed by atoms with E-state index in [0.29, 0.717) is 18.0 Å². The number of carboxylic acids is 1. The molecular formula is C38H44F3N7O10S2. The van der Waals surface area contributed by atoms with Crippen LogP contribution in [0.15, 0.2) is 94.7 Å². The zero-order valence-electron chi connectivity index (χ0n) is 32.5. The van der Waals surface area contributed by atoms with E-state index in [1.165, 1.54) is 67.8 Å². The van der Waals surface area contributed by atoms with E-state index in [4.69, 9.17) is 26.1 Å². The Morgan fingerprint density at radius 3 is 1.53 bits per heavy atom. The molecule has 1 heterocycles. The van der Waals surface area contributed by atoms with Gasteiger partial charge in [-0.15, -0.1) is 0 Å². The average molecular weight is 880 g/mol. The maximum absolute atomic E-state index is 14.2. The number of amides is 3. The molecule has 0 atom stereocenters. The molecule has 6 N–H and O–H groups in total. The highest BCUT2D eigenvalue weighted by atomic mass is 32.2. The number of anilines is 3. The first kappa shape index (κ1) is 46.7. The van der Waals surface area contributed by atoms with Crippen molar-refractivity contribution in [1.82, 2.24) is 9.80 Å². The highest BCUT2D eigenvalue weighted by Gasteiger charge is 2.38. The molecule has 5 rings (SSSR count). The number of halogens is 3. The number of nitrogens with two attached hydrogens (primary N) is 2. The topological polar surface area (TPSA) is 243 Å². The average Bonchev–Trinajstić information content (AvgIpc) is 3.21. The summed E-state index contributed by atoms with van der Waals surface area (Å²) in [7, 11) is -7.40. The Bertz CT molecular complexity index is 2390. The van der Waals surface area contributed by atoms with Crippen LogP contribution in [-0.4, -0.2) is 121 Å². The molecule has 0 aromatic heterocycles. The normalized spacial score (nSPS) is 13.8. The molecule has 0 aliphatic carbocycles. The van der Waals surface area contributed by atoms with Crippen molar-refractivity contribution in [3.8, 4) is 5.75 Å². The zero-order valence-corrected chi connectivity index (χ0v) is 34.1. The molecule has 0 unspecified atom stereocenters. The van der Waals surface area contributed by atoms with Crippen LogP contribution >= 0.6 is 0 Å². The number of fused-ring (bicyclic) bond motifs is 1. The Morgan fingerprint density at radius 2 is 1.15 bits per heavy atom. The van der Waals surface area contributed by atoms with E-state index in [0.717, 1.165) is 41.3 Å². The lowest BCUT2D eigenvalue weighted by molar-refractivity contribution is -0.192. The standard InChI is InChI=1S/C36H43N7O8S2.C2HF3O2/c1-3-40-20-22-41(23-21-40)19-18-36(46)39-26-8-12-28(13-9-26)52(47,48)42(24-34(37)44)32-16-17-33(31-7-5-4-6-30(31)32)43(25-35(38)45)53(49,50)29-14-10-27(51-2)11-15-29;3-2(4,5)1(6)7/h4-17H,3,18-25H2,1-2H3,(H2,37,44)(H2,38,45)(H,39,46);(H,6,7). The number of hydrogen-bond donors (Lipinski definition) is 4. The number of aliphatic carboxylic acids is 1. The van der Waals surface area contributed by atoms with E-state index in [-0.39, 0.29) is 44.3 Å². The first-order chi connectivity index (χ1) is 28.2. The molecule has 0 spiro atoms. The number of methoxy groups -OCH3 is 1. The summed E-state index contributed by atoms with van der Waals surface area (Å²) in [5.41, 5.74) is 11.5. The number of nitrogens with one attached hydrogen (secondary N) is 1. The first-order valence-electron chi connectivity index (χ1n) is 18.1. The highest BCUT2D eigenvalue weighted by Crippen LogP contribution is 2.38. The Hall–Kier alpha value is -5.97. The van der Waals surface area contributed by atoms with Gasteiger partial charge in [0.15, 0.2) is 0 Å². The van der Waals surface area contributed by atoms with E-state index in [9.17, 15) is 44.4 Å². The van der Waals surface area contributed by atoms with Gasteiger partial charge in [0.05, 0.1) is 28.3 Å². The molecule has 0 saturated carbocycles. The predicted octanol–water partition coefficient (Wildman–Crippen LogP) is 2.81. The van der Waals surface area contributed by atoms with Crippen LogP contribution in [0.2, 0.25) is 0 Å². The Labute approximate surface area is 344 Å². The first-order valence-corrected chi connectivity index (χ1v) is 21.0. The number of ether oxygens (including phenoxy) is 1. The third-order valence-corrected chi connectivity index (χ3v) is 12.7. The molecule has 324 valence electrons. The van der Waals surface area contributed by atoms with Gasteiger partial charge in [0, 0.05) is 55.6 Å². The number of alkyl halides is 3. The van der Waals surface area contributed by atoms with Crippen LogP contribution in [0, 0.1) is 0 Å². The molecule has 0 bridgehead atoms.